The Morgan fingerprint density at radius 1 is 0.603 bits per heavy atom. The fourth-order valence-corrected chi connectivity index (χ4v) is 6.79. The number of rotatable bonds is 6. The van der Waals surface area contributed by atoms with Crippen LogP contribution in [0.5, 0.6) is 0 Å². The van der Waals surface area contributed by atoms with E-state index >= 15 is 0 Å². The molecule has 4 heteroatoms. The first kappa shape index (κ1) is 28.5. The minimum atomic E-state index is -2.53. The summed E-state index contributed by atoms with van der Waals surface area (Å²) in [6.45, 7) is -1.58. The quantitative estimate of drug-likeness (QED) is 0.156. The van der Waals surface area contributed by atoms with Crippen molar-refractivity contribution >= 4 is 21.9 Å². The maximum atomic E-state index is 8.96. The second-order valence-electron chi connectivity index (χ2n) is 14.8. The number of aromatic nitrogens is 2. The molecule has 9 rings (SSSR count). The van der Waals surface area contributed by atoms with Gasteiger partial charge in [-0.25, -0.2) is 0 Å². The van der Waals surface area contributed by atoms with Crippen LogP contribution in [0.1, 0.15) is 58.1 Å². The summed E-state index contributed by atoms with van der Waals surface area (Å²) in [4.78, 5) is 8.60. The summed E-state index contributed by atoms with van der Waals surface area (Å²) >= 11 is 0. The SMILES string of the molecule is [2H]C([2H])([2H])c1c[c-]c(-c2ccc(C([2H])([2H])[2H])cn2)cc1.[2H]C([2H])([2H])c1cnc(-c2[c-]ccc3c2oc2c(-c4cccc(-c5cccc(-c6ccccc6)c5)c4)cccc23)cc1C([2H])([2H])C(C)(C)C.[Ir]. The van der Waals surface area contributed by atoms with Crippen LogP contribution >= 0.6 is 0 Å². The molecular formula is C54H46IrN2O-2. The predicted octanol–water partition coefficient (Wildman–Crippen LogP) is 14.5. The minimum Gasteiger partial charge on any atom is -0.500 e. The number of aryl methyl sites for hydroxylation is 3. The second-order valence-corrected chi connectivity index (χ2v) is 14.8. The Balaban J connectivity index is 0.000000281. The van der Waals surface area contributed by atoms with E-state index in [1.807, 2.05) is 42.5 Å². The molecule has 1 radical (unpaired) electrons. The molecule has 0 amide bonds. The molecule has 0 atom stereocenters. The summed E-state index contributed by atoms with van der Waals surface area (Å²) in [6, 6.07) is 52.4. The molecule has 0 fully saturated rings. The summed E-state index contributed by atoms with van der Waals surface area (Å²) in [7, 11) is 0. The van der Waals surface area contributed by atoms with Gasteiger partial charge in [-0.2, -0.15) is 0 Å². The van der Waals surface area contributed by atoms with Crippen molar-refractivity contribution in [2.24, 2.45) is 5.41 Å². The van der Waals surface area contributed by atoms with Crippen LogP contribution in [-0.2, 0) is 26.5 Å². The number of para-hydroxylation sites is 1. The summed E-state index contributed by atoms with van der Waals surface area (Å²) in [6.07, 6.45) is 0.628. The van der Waals surface area contributed by atoms with Gasteiger partial charge in [0.1, 0.15) is 5.58 Å². The average Bonchev–Trinajstić information content (AvgIpc) is 3.70. The van der Waals surface area contributed by atoms with Gasteiger partial charge in [0.25, 0.3) is 0 Å². The number of hydrogen-bond donors (Lipinski definition) is 0. The summed E-state index contributed by atoms with van der Waals surface area (Å²) in [5, 5.41) is 1.80. The zero-order valence-corrected chi connectivity index (χ0v) is 34.5. The third-order valence-electron chi connectivity index (χ3n) is 9.46. The van der Waals surface area contributed by atoms with Crippen LogP contribution in [0.15, 0.2) is 162 Å². The first-order chi connectivity index (χ1) is 32.0. The fourth-order valence-electron chi connectivity index (χ4n) is 6.79. The molecule has 0 saturated carbocycles. The predicted molar refractivity (Wildman–Crippen MR) is 238 cm³/mol. The van der Waals surface area contributed by atoms with E-state index in [-0.39, 0.29) is 42.4 Å². The van der Waals surface area contributed by atoms with Gasteiger partial charge in [-0.05, 0) is 88.0 Å². The van der Waals surface area contributed by atoms with Gasteiger partial charge >= 0.3 is 0 Å². The van der Waals surface area contributed by atoms with Gasteiger partial charge in [-0.1, -0.05) is 147 Å². The van der Waals surface area contributed by atoms with E-state index in [0.29, 0.717) is 33.7 Å². The van der Waals surface area contributed by atoms with Gasteiger partial charge in [-0.3, -0.25) is 0 Å². The van der Waals surface area contributed by atoms with E-state index in [1.54, 1.807) is 45.0 Å². The van der Waals surface area contributed by atoms with Crippen LogP contribution in [0.3, 0.4) is 0 Å². The van der Waals surface area contributed by atoms with E-state index in [0.717, 1.165) is 38.6 Å². The van der Waals surface area contributed by atoms with Crippen LogP contribution in [0.2, 0.25) is 0 Å². The van der Waals surface area contributed by atoms with Crippen molar-refractivity contribution in [2.75, 3.05) is 0 Å². The topological polar surface area (TPSA) is 38.9 Å². The number of hydrogen-bond acceptors (Lipinski definition) is 3. The van der Waals surface area contributed by atoms with Crippen LogP contribution in [-0.4, -0.2) is 9.97 Å². The van der Waals surface area contributed by atoms with Crippen LogP contribution in [0.4, 0.5) is 0 Å². The molecule has 0 spiro atoms. The number of fused-ring (bicyclic) bond motifs is 3. The summed E-state index contributed by atoms with van der Waals surface area (Å²) < 4.78 is 92.5. The van der Waals surface area contributed by atoms with E-state index in [4.69, 9.17) is 19.5 Å². The van der Waals surface area contributed by atoms with Crippen molar-refractivity contribution in [3.63, 3.8) is 0 Å². The zero-order valence-electron chi connectivity index (χ0n) is 43.1. The Hall–Kier alpha value is -5.93. The van der Waals surface area contributed by atoms with Gasteiger partial charge in [0.2, 0.25) is 0 Å². The fraction of sp³-hybridized carbons (Fsp3) is 0.148. The standard InChI is InChI=1S/C41H34NO.C13H12N.Ir/c1-27-26-42-38(24-33(27)25-41(2,3)4)37-21-11-20-36-35-19-10-18-34(39(35)43-40(36)37)32-17-9-16-31(23-32)30-15-8-14-29(22-30)28-12-6-5-7-13-28;1-10-3-6-12(7-4-10)13-8-5-11(2)9-14-13;/h5-20,22-24,26H,25H2,1-4H3;3-6,8-9H,1-2H3;/q2*-1;/i1D3,25D2;1D3,2D3;. The van der Waals surface area contributed by atoms with Crippen molar-refractivity contribution < 1.29 is 39.6 Å². The van der Waals surface area contributed by atoms with Crippen molar-refractivity contribution in [1.29, 1.82) is 0 Å². The van der Waals surface area contributed by atoms with Gasteiger partial charge in [0, 0.05) is 58.5 Å². The van der Waals surface area contributed by atoms with Crippen molar-refractivity contribution in [3.8, 4) is 55.9 Å². The Labute approximate surface area is 371 Å². The molecule has 289 valence electrons. The minimum absolute atomic E-state index is 0. The molecule has 0 aliphatic heterocycles. The molecule has 0 N–H and O–H groups in total. The van der Waals surface area contributed by atoms with E-state index in [2.05, 4.69) is 82.8 Å². The summed E-state index contributed by atoms with van der Waals surface area (Å²) in [5.74, 6) is 0. The Morgan fingerprint density at radius 3 is 1.97 bits per heavy atom. The van der Waals surface area contributed by atoms with Gasteiger partial charge in [-0.15, -0.1) is 53.6 Å². The molecule has 3 heterocycles. The number of pyridine rings is 2. The van der Waals surface area contributed by atoms with Gasteiger partial charge < -0.3 is 14.4 Å². The van der Waals surface area contributed by atoms with Gasteiger partial charge in [0.05, 0.1) is 5.58 Å². The van der Waals surface area contributed by atoms with E-state index in [9.17, 15) is 0 Å². The van der Waals surface area contributed by atoms with Crippen molar-refractivity contribution in [1.82, 2.24) is 9.97 Å². The van der Waals surface area contributed by atoms with E-state index < -0.39 is 32.3 Å². The Morgan fingerprint density at radius 2 is 1.28 bits per heavy atom. The normalized spacial score (nSPS) is 14.9. The molecule has 0 unspecified atom stereocenters. The van der Waals surface area contributed by atoms with E-state index in [1.165, 1.54) is 36.2 Å². The molecule has 6 aromatic carbocycles. The molecular weight excluding hydrogens is 885 g/mol. The third kappa shape index (κ3) is 8.95. The first-order valence-electron chi connectivity index (χ1n) is 24.1. The number of furan rings is 1. The Kier molecular flexibility index (Phi) is 8.48. The van der Waals surface area contributed by atoms with Crippen LogP contribution < -0.4 is 0 Å². The maximum absolute atomic E-state index is 8.96. The molecule has 3 aromatic heterocycles. The van der Waals surface area contributed by atoms with Crippen molar-refractivity contribution in [3.05, 3.63) is 192 Å². The second kappa shape index (κ2) is 17.3. The Bertz CT molecular complexity index is 3190. The molecule has 0 saturated heterocycles. The number of benzene rings is 6. The molecule has 0 bridgehead atoms. The largest absolute Gasteiger partial charge is 0.500 e. The first-order valence-corrected chi connectivity index (χ1v) is 18.6. The van der Waals surface area contributed by atoms with Crippen molar-refractivity contribution in [2.45, 2.75) is 47.7 Å². The molecule has 3 nitrogen and oxygen atoms in total. The molecule has 9 aromatic rings. The molecule has 0 aliphatic rings. The maximum Gasteiger partial charge on any atom is 0.128 e. The average molecular weight is 942 g/mol. The molecule has 58 heavy (non-hydrogen) atoms. The zero-order chi connectivity index (χ0) is 48.8. The van der Waals surface area contributed by atoms with Crippen LogP contribution in [0.25, 0.3) is 77.8 Å². The number of nitrogens with zero attached hydrogens (tertiary/aromatic N) is 2. The van der Waals surface area contributed by atoms with Gasteiger partial charge in [0.15, 0.2) is 0 Å². The van der Waals surface area contributed by atoms with Crippen LogP contribution in [0, 0.1) is 38.1 Å². The monoisotopic (exact) mass is 942 g/mol. The smallest absolute Gasteiger partial charge is 0.128 e. The third-order valence-corrected chi connectivity index (χ3v) is 9.46. The summed E-state index contributed by atoms with van der Waals surface area (Å²) in [5.41, 5.74) is 9.36. The molecule has 0 aliphatic carbocycles.